The van der Waals surface area contributed by atoms with Gasteiger partial charge < -0.3 is 16.0 Å². The molecule has 1 aliphatic heterocycles. The molecule has 1 fully saturated rings. The van der Waals surface area contributed by atoms with Gasteiger partial charge >= 0.3 is 0 Å². The Morgan fingerprint density at radius 3 is 2.50 bits per heavy atom. The topological polar surface area (TPSA) is 75.4 Å². The number of benzene rings is 1. The van der Waals surface area contributed by atoms with Gasteiger partial charge in [-0.2, -0.15) is 0 Å². The summed E-state index contributed by atoms with van der Waals surface area (Å²) in [6.45, 7) is 8.07. The highest BCUT2D eigenvalue weighted by atomic mass is 16.2. The van der Waals surface area contributed by atoms with Crippen LogP contribution in [0.4, 0.5) is 0 Å². The van der Waals surface area contributed by atoms with E-state index in [4.69, 9.17) is 5.73 Å². The van der Waals surface area contributed by atoms with Crippen LogP contribution in [0, 0.1) is 0 Å². The molecular formula is C19H29N3O2. The van der Waals surface area contributed by atoms with Gasteiger partial charge in [-0.3, -0.25) is 9.59 Å². The van der Waals surface area contributed by atoms with Gasteiger partial charge in [0.15, 0.2) is 0 Å². The van der Waals surface area contributed by atoms with Gasteiger partial charge in [0.25, 0.3) is 5.91 Å². The van der Waals surface area contributed by atoms with E-state index in [0.717, 1.165) is 19.4 Å². The van der Waals surface area contributed by atoms with E-state index < -0.39 is 0 Å². The van der Waals surface area contributed by atoms with Crippen LogP contribution in [-0.2, 0) is 10.2 Å². The molecular weight excluding hydrogens is 302 g/mol. The monoisotopic (exact) mass is 331 g/mol. The zero-order valence-electron chi connectivity index (χ0n) is 15.0. The minimum atomic E-state index is -0.139. The Bertz CT molecular complexity index is 575. The zero-order chi connectivity index (χ0) is 17.7. The predicted molar refractivity (Wildman–Crippen MR) is 95.9 cm³/mol. The Kier molecular flexibility index (Phi) is 5.99. The maximum Gasteiger partial charge on any atom is 0.251 e. The third-order valence-electron chi connectivity index (χ3n) is 4.61. The summed E-state index contributed by atoms with van der Waals surface area (Å²) in [5.41, 5.74) is 7.57. The van der Waals surface area contributed by atoms with Crippen molar-refractivity contribution in [3.05, 3.63) is 35.4 Å². The minimum absolute atomic E-state index is 0.0662. The number of carbonyl (C=O) groups is 2. The van der Waals surface area contributed by atoms with Crippen molar-refractivity contribution < 1.29 is 9.59 Å². The largest absolute Gasteiger partial charge is 0.352 e. The standard InChI is InChI=1S/C19H29N3O2/c1-19(2,3)15-8-6-14(7-9-15)18(24)21-11-10-17(23)22-12-4-5-16(22)13-20/h6-9,16H,4-5,10-13,20H2,1-3H3,(H,21,24). The first-order valence-electron chi connectivity index (χ1n) is 8.71. The molecule has 0 radical (unpaired) electrons. The maximum absolute atomic E-state index is 12.2. The zero-order valence-corrected chi connectivity index (χ0v) is 15.0. The number of rotatable bonds is 5. The number of carbonyl (C=O) groups excluding carboxylic acids is 2. The molecule has 0 aromatic heterocycles. The summed E-state index contributed by atoms with van der Waals surface area (Å²) in [5.74, 6) is -0.0635. The number of hydrogen-bond acceptors (Lipinski definition) is 3. The van der Waals surface area contributed by atoms with Gasteiger partial charge in [-0.25, -0.2) is 0 Å². The van der Waals surface area contributed by atoms with E-state index in [1.807, 2.05) is 29.2 Å². The van der Waals surface area contributed by atoms with E-state index in [9.17, 15) is 9.59 Å². The Morgan fingerprint density at radius 1 is 1.25 bits per heavy atom. The summed E-state index contributed by atoms with van der Waals surface area (Å²) in [7, 11) is 0. The molecule has 1 unspecified atom stereocenters. The molecule has 0 bridgehead atoms. The highest BCUT2D eigenvalue weighted by Gasteiger charge is 2.27. The van der Waals surface area contributed by atoms with E-state index in [1.165, 1.54) is 5.56 Å². The average molecular weight is 331 g/mol. The quantitative estimate of drug-likeness (QED) is 0.867. The van der Waals surface area contributed by atoms with Gasteiger partial charge in [-0.15, -0.1) is 0 Å². The van der Waals surface area contributed by atoms with Gasteiger partial charge in [0, 0.05) is 37.7 Å². The van der Waals surface area contributed by atoms with Crippen molar-refractivity contribution in [2.24, 2.45) is 5.73 Å². The van der Waals surface area contributed by atoms with Crippen molar-refractivity contribution in [1.29, 1.82) is 0 Å². The van der Waals surface area contributed by atoms with E-state index >= 15 is 0 Å². The predicted octanol–water partition coefficient (Wildman–Crippen LogP) is 2.05. The molecule has 1 atom stereocenters. The fourth-order valence-electron chi connectivity index (χ4n) is 3.06. The Hall–Kier alpha value is -1.88. The van der Waals surface area contributed by atoms with Crippen LogP contribution in [0.5, 0.6) is 0 Å². The molecule has 5 heteroatoms. The lowest BCUT2D eigenvalue weighted by Gasteiger charge is -2.23. The van der Waals surface area contributed by atoms with Crippen LogP contribution in [-0.4, -0.2) is 42.4 Å². The van der Waals surface area contributed by atoms with Crippen LogP contribution in [0.3, 0.4) is 0 Å². The number of nitrogens with one attached hydrogen (secondary N) is 1. The van der Waals surface area contributed by atoms with Crippen molar-refractivity contribution in [2.45, 2.75) is 51.5 Å². The molecule has 132 valence electrons. The molecule has 3 N–H and O–H groups in total. The van der Waals surface area contributed by atoms with Crippen LogP contribution in [0.2, 0.25) is 0 Å². The second-order valence-electron chi connectivity index (χ2n) is 7.45. The molecule has 5 nitrogen and oxygen atoms in total. The van der Waals surface area contributed by atoms with Crippen molar-refractivity contribution in [3.8, 4) is 0 Å². The molecule has 0 spiro atoms. The highest BCUT2D eigenvalue weighted by molar-refractivity contribution is 5.94. The van der Waals surface area contributed by atoms with E-state index in [2.05, 4.69) is 26.1 Å². The van der Waals surface area contributed by atoms with Crippen LogP contribution in [0.1, 0.15) is 56.0 Å². The molecule has 2 amide bonds. The number of amides is 2. The average Bonchev–Trinajstić information content (AvgIpc) is 3.02. The fraction of sp³-hybridized carbons (Fsp3) is 0.579. The van der Waals surface area contributed by atoms with E-state index in [0.29, 0.717) is 25.1 Å². The SMILES string of the molecule is CC(C)(C)c1ccc(C(=O)NCCC(=O)N2CCCC2CN)cc1. The highest BCUT2D eigenvalue weighted by Crippen LogP contribution is 2.22. The van der Waals surface area contributed by atoms with Crippen molar-refractivity contribution in [2.75, 3.05) is 19.6 Å². The minimum Gasteiger partial charge on any atom is -0.352 e. The van der Waals surface area contributed by atoms with Gasteiger partial charge in [-0.1, -0.05) is 32.9 Å². The molecule has 0 aliphatic carbocycles. The van der Waals surface area contributed by atoms with Crippen molar-refractivity contribution in [1.82, 2.24) is 10.2 Å². The van der Waals surface area contributed by atoms with Crippen LogP contribution in [0.25, 0.3) is 0 Å². The fourth-order valence-corrected chi connectivity index (χ4v) is 3.06. The second kappa shape index (κ2) is 7.79. The second-order valence-corrected chi connectivity index (χ2v) is 7.45. The summed E-state index contributed by atoms with van der Waals surface area (Å²) in [6.07, 6.45) is 2.32. The van der Waals surface area contributed by atoms with Gasteiger partial charge in [0.2, 0.25) is 5.91 Å². The number of nitrogens with zero attached hydrogens (tertiary/aromatic N) is 1. The van der Waals surface area contributed by atoms with Crippen molar-refractivity contribution in [3.63, 3.8) is 0 Å². The normalized spacial score (nSPS) is 17.8. The number of nitrogens with two attached hydrogens (primary N) is 1. The van der Waals surface area contributed by atoms with E-state index in [-0.39, 0.29) is 23.3 Å². The smallest absolute Gasteiger partial charge is 0.251 e. The number of hydrogen-bond donors (Lipinski definition) is 2. The Morgan fingerprint density at radius 2 is 1.92 bits per heavy atom. The van der Waals surface area contributed by atoms with Gasteiger partial charge in [-0.05, 0) is 36.0 Å². The first-order valence-corrected chi connectivity index (χ1v) is 8.71. The molecule has 1 heterocycles. The third kappa shape index (κ3) is 4.57. The lowest BCUT2D eigenvalue weighted by atomic mass is 9.87. The first-order chi connectivity index (χ1) is 11.3. The summed E-state index contributed by atoms with van der Waals surface area (Å²) in [5, 5.41) is 2.83. The Labute approximate surface area is 144 Å². The van der Waals surface area contributed by atoms with Crippen LogP contribution >= 0.6 is 0 Å². The summed E-state index contributed by atoms with van der Waals surface area (Å²) in [6, 6.07) is 7.80. The van der Waals surface area contributed by atoms with Crippen LogP contribution in [0.15, 0.2) is 24.3 Å². The lowest BCUT2D eigenvalue weighted by Crippen LogP contribution is -2.41. The summed E-state index contributed by atoms with van der Waals surface area (Å²) < 4.78 is 0. The molecule has 1 aromatic carbocycles. The molecule has 1 aliphatic rings. The first kappa shape index (κ1) is 18.5. The van der Waals surface area contributed by atoms with Crippen molar-refractivity contribution >= 4 is 11.8 Å². The molecule has 1 aromatic rings. The van der Waals surface area contributed by atoms with Crippen LogP contribution < -0.4 is 11.1 Å². The maximum atomic E-state index is 12.2. The molecule has 2 rings (SSSR count). The van der Waals surface area contributed by atoms with Gasteiger partial charge in [0.1, 0.15) is 0 Å². The third-order valence-corrected chi connectivity index (χ3v) is 4.61. The van der Waals surface area contributed by atoms with Gasteiger partial charge in [0.05, 0.1) is 0 Å². The Balaban J connectivity index is 1.82. The number of likely N-dealkylation sites (tertiary alicyclic amines) is 1. The van der Waals surface area contributed by atoms with E-state index in [1.54, 1.807) is 0 Å². The summed E-state index contributed by atoms with van der Waals surface area (Å²) in [4.78, 5) is 26.2. The summed E-state index contributed by atoms with van der Waals surface area (Å²) >= 11 is 0. The molecule has 0 saturated carbocycles. The molecule has 24 heavy (non-hydrogen) atoms. The molecule has 1 saturated heterocycles. The lowest BCUT2D eigenvalue weighted by molar-refractivity contribution is -0.131.